The predicted molar refractivity (Wildman–Crippen MR) is 71.8 cm³/mol. The van der Waals surface area contributed by atoms with E-state index in [1.165, 1.54) is 17.8 Å². The van der Waals surface area contributed by atoms with Crippen LogP contribution in [0.15, 0.2) is 34.3 Å². The monoisotopic (exact) mass is 280 g/mol. The minimum Gasteiger partial charge on any atom is -0.383 e. The van der Waals surface area contributed by atoms with Crippen LogP contribution in [0.4, 0.5) is 11.6 Å². The SMILES string of the molecule is Nc1cc(N)nc(Sc2ccc(Cl)cc2C=O)n1. The van der Waals surface area contributed by atoms with Crippen molar-refractivity contribution in [3.8, 4) is 0 Å². The van der Waals surface area contributed by atoms with Crippen LogP contribution < -0.4 is 11.5 Å². The Morgan fingerprint density at radius 1 is 1.17 bits per heavy atom. The van der Waals surface area contributed by atoms with Crippen LogP contribution in [-0.2, 0) is 0 Å². The van der Waals surface area contributed by atoms with Crippen LogP contribution in [-0.4, -0.2) is 16.3 Å². The van der Waals surface area contributed by atoms with Gasteiger partial charge in [-0.2, -0.15) is 0 Å². The first-order chi connectivity index (χ1) is 8.58. The predicted octanol–water partition coefficient (Wildman–Crippen LogP) is 2.26. The molecule has 0 aliphatic heterocycles. The second-order valence-corrected chi connectivity index (χ2v) is 4.85. The number of benzene rings is 1. The second kappa shape index (κ2) is 5.24. The highest BCUT2D eigenvalue weighted by Crippen LogP contribution is 2.29. The smallest absolute Gasteiger partial charge is 0.196 e. The molecule has 0 aliphatic rings. The fourth-order valence-electron chi connectivity index (χ4n) is 1.31. The minimum absolute atomic E-state index is 0.284. The van der Waals surface area contributed by atoms with Gasteiger partial charge in [-0.15, -0.1) is 0 Å². The maximum absolute atomic E-state index is 10.9. The Morgan fingerprint density at radius 2 is 1.83 bits per heavy atom. The van der Waals surface area contributed by atoms with Crippen LogP contribution in [0.2, 0.25) is 5.02 Å². The Balaban J connectivity index is 2.36. The fourth-order valence-corrected chi connectivity index (χ4v) is 2.35. The van der Waals surface area contributed by atoms with Gasteiger partial charge >= 0.3 is 0 Å². The van der Waals surface area contributed by atoms with E-state index < -0.39 is 0 Å². The summed E-state index contributed by atoms with van der Waals surface area (Å²) in [5.74, 6) is 0.568. The van der Waals surface area contributed by atoms with Gasteiger partial charge in [0.2, 0.25) is 0 Å². The number of nitrogens with zero attached hydrogens (tertiary/aromatic N) is 2. The van der Waals surface area contributed by atoms with Crippen LogP contribution in [0.5, 0.6) is 0 Å². The van der Waals surface area contributed by atoms with Crippen molar-refractivity contribution in [2.75, 3.05) is 11.5 Å². The third-order valence-corrected chi connectivity index (χ3v) is 3.24. The molecule has 2 rings (SSSR count). The molecule has 0 saturated carbocycles. The first-order valence-electron chi connectivity index (χ1n) is 4.91. The summed E-state index contributed by atoms with van der Waals surface area (Å²) in [5, 5.41) is 0.882. The second-order valence-electron chi connectivity index (χ2n) is 3.40. The number of hydrogen-bond acceptors (Lipinski definition) is 6. The maximum atomic E-state index is 10.9. The topological polar surface area (TPSA) is 94.9 Å². The molecule has 92 valence electrons. The Bertz CT molecular complexity index is 585. The molecule has 0 radical (unpaired) electrons. The van der Waals surface area contributed by atoms with Crippen molar-refractivity contribution in [1.82, 2.24) is 9.97 Å². The number of nitrogens with two attached hydrogens (primary N) is 2. The summed E-state index contributed by atoms with van der Waals surface area (Å²) in [5.41, 5.74) is 11.6. The van der Waals surface area contributed by atoms with E-state index in [-0.39, 0.29) is 11.6 Å². The number of aromatic nitrogens is 2. The molecular weight excluding hydrogens is 272 g/mol. The van der Waals surface area contributed by atoms with Gasteiger partial charge in [-0.3, -0.25) is 4.79 Å². The van der Waals surface area contributed by atoms with Gasteiger partial charge in [-0.1, -0.05) is 11.6 Å². The number of rotatable bonds is 3. The third kappa shape index (κ3) is 2.91. The highest BCUT2D eigenvalue weighted by Gasteiger charge is 2.08. The zero-order valence-electron chi connectivity index (χ0n) is 9.13. The first-order valence-corrected chi connectivity index (χ1v) is 6.10. The largest absolute Gasteiger partial charge is 0.383 e. The van der Waals surface area contributed by atoms with Crippen molar-refractivity contribution in [2.24, 2.45) is 0 Å². The maximum Gasteiger partial charge on any atom is 0.196 e. The highest BCUT2D eigenvalue weighted by molar-refractivity contribution is 7.99. The Hall–Kier alpha value is -1.79. The first kappa shape index (κ1) is 12.7. The molecule has 1 heterocycles. The summed E-state index contributed by atoms with van der Waals surface area (Å²) in [6.45, 7) is 0. The van der Waals surface area contributed by atoms with E-state index in [1.54, 1.807) is 18.2 Å². The van der Waals surface area contributed by atoms with E-state index in [9.17, 15) is 4.79 Å². The molecule has 18 heavy (non-hydrogen) atoms. The van der Waals surface area contributed by atoms with Gasteiger partial charge in [0.25, 0.3) is 0 Å². The number of nitrogen functional groups attached to an aromatic ring is 2. The lowest BCUT2D eigenvalue weighted by Gasteiger charge is -2.05. The van der Waals surface area contributed by atoms with Gasteiger partial charge in [0, 0.05) is 21.5 Å². The summed E-state index contributed by atoms with van der Waals surface area (Å²) in [4.78, 5) is 19.7. The molecule has 0 spiro atoms. The van der Waals surface area contributed by atoms with Gasteiger partial charge < -0.3 is 11.5 Å². The lowest BCUT2D eigenvalue weighted by atomic mass is 10.2. The molecule has 0 bridgehead atoms. The number of hydrogen-bond donors (Lipinski definition) is 2. The minimum atomic E-state index is 0.284. The molecule has 1 aromatic carbocycles. The van der Waals surface area contributed by atoms with E-state index in [2.05, 4.69) is 9.97 Å². The van der Waals surface area contributed by atoms with Gasteiger partial charge in [0.1, 0.15) is 11.6 Å². The number of anilines is 2. The quantitative estimate of drug-likeness (QED) is 0.661. The van der Waals surface area contributed by atoms with Crippen molar-refractivity contribution < 1.29 is 4.79 Å². The van der Waals surface area contributed by atoms with Crippen molar-refractivity contribution >= 4 is 41.3 Å². The van der Waals surface area contributed by atoms with E-state index in [1.807, 2.05) is 0 Å². The van der Waals surface area contributed by atoms with Crippen LogP contribution >= 0.6 is 23.4 Å². The highest BCUT2D eigenvalue weighted by atomic mass is 35.5. The average Bonchev–Trinajstić information content (AvgIpc) is 2.30. The molecule has 7 heteroatoms. The molecule has 0 amide bonds. The zero-order chi connectivity index (χ0) is 13.1. The Morgan fingerprint density at radius 3 is 2.44 bits per heavy atom. The molecule has 2 aromatic rings. The van der Waals surface area contributed by atoms with E-state index in [0.717, 1.165) is 6.29 Å². The lowest BCUT2D eigenvalue weighted by molar-refractivity contribution is 0.112. The van der Waals surface area contributed by atoms with Gasteiger partial charge in [-0.05, 0) is 30.0 Å². The molecule has 4 N–H and O–H groups in total. The molecule has 0 aliphatic carbocycles. The van der Waals surface area contributed by atoms with Crippen LogP contribution in [0.25, 0.3) is 0 Å². The molecular formula is C11H9ClN4OS. The molecule has 0 unspecified atom stereocenters. The van der Waals surface area contributed by atoms with E-state index >= 15 is 0 Å². The molecule has 5 nitrogen and oxygen atoms in total. The van der Waals surface area contributed by atoms with Crippen molar-refractivity contribution in [2.45, 2.75) is 10.1 Å². The Labute approximate surface area is 113 Å². The lowest BCUT2D eigenvalue weighted by Crippen LogP contribution is -1.99. The van der Waals surface area contributed by atoms with Gasteiger partial charge in [0.15, 0.2) is 11.4 Å². The molecule has 0 fully saturated rings. The molecule has 1 aromatic heterocycles. The molecule has 0 atom stereocenters. The van der Waals surface area contributed by atoms with Crippen LogP contribution in [0.3, 0.4) is 0 Å². The summed E-state index contributed by atoms with van der Waals surface area (Å²) in [6, 6.07) is 6.45. The number of carbonyl (C=O) groups excluding carboxylic acids is 1. The van der Waals surface area contributed by atoms with E-state index in [0.29, 0.717) is 20.6 Å². The number of carbonyl (C=O) groups is 1. The normalized spacial score (nSPS) is 10.3. The Kier molecular flexibility index (Phi) is 3.69. The van der Waals surface area contributed by atoms with Gasteiger partial charge in [-0.25, -0.2) is 9.97 Å². The number of halogens is 1. The fraction of sp³-hybridized carbons (Fsp3) is 0. The third-order valence-electron chi connectivity index (χ3n) is 2.05. The summed E-state index contributed by atoms with van der Waals surface area (Å²) >= 11 is 7.01. The average molecular weight is 281 g/mol. The van der Waals surface area contributed by atoms with Crippen LogP contribution in [0, 0.1) is 0 Å². The standard InChI is InChI=1S/C11H9ClN4OS/c12-7-1-2-8(6(3-7)5-17)18-11-15-9(13)4-10(14)16-11/h1-5H,(H4,13,14,15,16). The summed E-state index contributed by atoms with van der Waals surface area (Å²) in [7, 11) is 0. The molecule has 0 saturated heterocycles. The zero-order valence-corrected chi connectivity index (χ0v) is 10.7. The van der Waals surface area contributed by atoms with Gasteiger partial charge in [0.05, 0.1) is 0 Å². The van der Waals surface area contributed by atoms with E-state index in [4.69, 9.17) is 23.1 Å². The van der Waals surface area contributed by atoms with Crippen LogP contribution in [0.1, 0.15) is 10.4 Å². The number of aldehydes is 1. The summed E-state index contributed by atoms with van der Waals surface area (Å²) in [6.07, 6.45) is 0.726. The van der Waals surface area contributed by atoms with Crippen molar-refractivity contribution in [3.63, 3.8) is 0 Å². The van der Waals surface area contributed by atoms with Crippen molar-refractivity contribution in [3.05, 3.63) is 34.9 Å². The van der Waals surface area contributed by atoms with Crippen molar-refractivity contribution in [1.29, 1.82) is 0 Å². The summed E-state index contributed by atoms with van der Waals surface area (Å²) < 4.78 is 0.